The number of H-pyrrole nitrogens is 1. The molecule has 0 unspecified atom stereocenters. The van der Waals surface area contributed by atoms with Crippen molar-refractivity contribution in [2.45, 2.75) is 19.8 Å². The number of pyridine rings is 1. The SMILES string of the molecule is CC(C)c1[nH]c(=O)c(C(=O)O)cc1I. The molecule has 0 saturated carbocycles. The molecular weight excluding hydrogens is 297 g/mol. The van der Waals surface area contributed by atoms with Gasteiger partial charge in [0.2, 0.25) is 0 Å². The molecule has 14 heavy (non-hydrogen) atoms. The first-order chi connectivity index (χ1) is 6.43. The Morgan fingerprint density at radius 2 is 2.14 bits per heavy atom. The largest absolute Gasteiger partial charge is 0.477 e. The molecule has 0 aromatic carbocycles. The molecule has 0 atom stereocenters. The zero-order valence-corrected chi connectivity index (χ0v) is 9.95. The summed E-state index contributed by atoms with van der Waals surface area (Å²) in [5.74, 6) is -1.02. The number of hydrogen-bond donors (Lipinski definition) is 2. The topological polar surface area (TPSA) is 70.2 Å². The van der Waals surface area contributed by atoms with Crippen molar-refractivity contribution in [2.24, 2.45) is 0 Å². The van der Waals surface area contributed by atoms with Crippen LogP contribution in [0.4, 0.5) is 0 Å². The number of aromatic carboxylic acids is 1. The number of aromatic nitrogens is 1. The molecule has 1 aromatic rings. The minimum absolute atomic E-state index is 0.178. The fourth-order valence-electron chi connectivity index (χ4n) is 1.10. The third kappa shape index (κ3) is 2.14. The lowest BCUT2D eigenvalue weighted by molar-refractivity contribution is 0.0695. The van der Waals surface area contributed by atoms with Gasteiger partial charge in [-0.05, 0) is 34.6 Å². The van der Waals surface area contributed by atoms with Crippen LogP contribution in [-0.2, 0) is 0 Å². The van der Waals surface area contributed by atoms with Crippen LogP contribution < -0.4 is 5.56 Å². The van der Waals surface area contributed by atoms with E-state index in [-0.39, 0.29) is 11.5 Å². The Kier molecular flexibility index (Phi) is 3.30. The number of carbonyl (C=O) groups is 1. The van der Waals surface area contributed by atoms with Gasteiger partial charge in [-0.3, -0.25) is 4.79 Å². The van der Waals surface area contributed by atoms with Crippen LogP contribution in [0, 0.1) is 3.57 Å². The second-order valence-corrected chi connectivity index (χ2v) is 4.40. The smallest absolute Gasteiger partial charge is 0.341 e. The van der Waals surface area contributed by atoms with Gasteiger partial charge in [-0.2, -0.15) is 0 Å². The van der Waals surface area contributed by atoms with Crippen molar-refractivity contribution < 1.29 is 9.90 Å². The third-order valence-corrected chi connectivity index (χ3v) is 2.72. The Bertz CT molecular complexity index is 423. The predicted octanol–water partition coefficient (Wildman–Crippen LogP) is 1.80. The summed E-state index contributed by atoms with van der Waals surface area (Å²) >= 11 is 2.02. The number of hydrogen-bond acceptors (Lipinski definition) is 2. The van der Waals surface area contributed by atoms with E-state index < -0.39 is 11.5 Å². The Hall–Kier alpha value is -0.850. The highest BCUT2D eigenvalue weighted by molar-refractivity contribution is 14.1. The van der Waals surface area contributed by atoms with Crippen molar-refractivity contribution in [3.63, 3.8) is 0 Å². The van der Waals surface area contributed by atoms with E-state index in [1.807, 2.05) is 36.4 Å². The second-order valence-electron chi connectivity index (χ2n) is 3.23. The van der Waals surface area contributed by atoms with Gasteiger partial charge in [-0.25, -0.2) is 4.79 Å². The summed E-state index contributed by atoms with van der Waals surface area (Å²) in [4.78, 5) is 24.5. The third-order valence-electron chi connectivity index (χ3n) is 1.83. The molecule has 0 saturated heterocycles. The Morgan fingerprint density at radius 1 is 1.57 bits per heavy atom. The van der Waals surface area contributed by atoms with Crippen molar-refractivity contribution in [1.82, 2.24) is 4.98 Å². The van der Waals surface area contributed by atoms with Crippen molar-refractivity contribution in [1.29, 1.82) is 0 Å². The van der Waals surface area contributed by atoms with Gasteiger partial charge in [0.1, 0.15) is 5.56 Å². The minimum Gasteiger partial charge on any atom is -0.477 e. The molecule has 4 nitrogen and oxygen atoms in total. The molecule has 0 radical (unpaired) electrons. The van der Waals surface area contributed by atoms with Crippen molar-refractivity contribution in [3.8, 4) is 0 Å². The van der Waals surface area contributed by atoms with Gasteiger partial charge in [0.15, 0.2) is 0 Å². The molecule has 1 aromatic heterocycles. The number of halogens is 1. The van der Waals surface area contributed by atoms with Crippen LogP contribution in [0.5, 0.6) is 0 Å². The van der Waals surface area contributed by atoms with Gasteiger partial charge >= 0.3 is 5.97 Å². The molecule has 0 aliphatic carbocycles. The van der Waals surface area contributed by atoms with Gasteiger partial charge in [0, 0.05) is 9.26 Å². The maximum Gasteiger partial charge on any atom is 0.341 e. The Labute approximate surface area is 94.5 Å². The van der Waals surface area contributed by atoms with E-state index in [0.717, 1.165) is 9.26 Å². The Morgan fingerprint density at radius 3 is 2.57 bits per heavy atom. The molecule has 0 amide bonds. The van der Waals surface area contributed by atoms with Gasteiger partial charge in [-0.1, -0.05) is 13.8 Å². The molecule has 0 spiro atoms. The normalized spacial score (nSPS) is 10.6. The van der Waals surface area contributed by atoms with Crippen LogP contribution in [0.25, 0.3) is 0 Å². The van der Waals surface area contributed by atoms with E-state index in [9.17, 15) is 9.59 Å². The van der Waals surface area contributed by atoms with Crippen molar-refractivity contribution in [2.75, 3.05) is 0 Å². The molecular formula is C9H10INO3. The molecule has 0 aliphatic heterocycles. The van der Waals surface area contributed by atoms with Crippen LogP contribution in [0.3, 0.4) is 0 Å². The zero-order chi connectivity index (χ0) is 10.9. The summed E-state index contributed by atoms with van der Waals surface area (Å²) in [6, 6.07) is 1.40. The highest BCUT2D eigenvalue weighted by Gasteiger charge is 2.13. The number of aromatic amines is 1. The van der Waals surface area contributed by atoms with Crippen molar-refractivity contribution in [3.05, 3.63) is 31.2 Å². The average Bonchev–Trinajstić information content (AvgIpc) is 2.07. The molecule has 0 bridgehead atoms. The molecule has 76 valence electrons. The number of nitrogens with one attached hydrogen (secondary N) is 1. The summed E-state index contributed by atoms with van der Waals surface area (Å²) in [6.07, 6.45) is 0. The minimum atomic E-state index is -1.19. The number of rotatable bonds is 2. The zero-order valence-electron chi connectivity index (χ0n) is 7.80. The first kappa shape index (κ1) is 11.2. The Balaban J connectivity index is 3.39. The highest BCUT2D eigenvalue weighted by Crippen LogP contribution is 2.17. The van der Waals surface area contributed by atoms with Crippen LogP contribution in [0.1, 0.15) is 35.8 Å². The molecule has 5 heteroatoms. The lowest BCUT2D eigenvalue weighted by Gasteiger charge is -2.08. The predicted molar refractivity (Wildman–Crippen MR) is 60.8 cm³/mol. The summed E-state index contributed by atoms with van der Waals surface area (Å²) in [5, 5.41) is 8.70. The number of carboxylic acid groups (broad SMARTS) is 1. The van der Waals surface area contributed by atoms with Gasteiger partial charge in [0.05, 0.1) is 0 Å². The molecule has 2 N–H and O–H groups in total. The lowest BCUT2D eigenvalue weighted by Crippen LogP contribution is -2.20. The van der Waals surface area contributed by atoms with E-state index in [1.165, 1.54) is 6.07 Å². The van der Waals surface area contributed by atoms with Crippen LogP contribution in [-0.4, -0.2) is 16.1 Å². The lowest BCUT2D eigenvalue weighted by atomic mass is 10.1. The molecule has 1 rings (SSSR count). The van der Waals surface area contributed by atoms with Gasteiger partial charge in [-0.15, -0.1) is 0 Å². The molecule has 0 fully saturated rings. The van der Waals surface area contributed by atoms with E-state index in [0.29, 0.717) is 0 Å². The second kappa shape index (κ2) is 4.12. The van der Waals surface area contributed by atoms with E-state index in [4.69, 9.17) is 5.11 Å². The maximum absolute atomic E-state index is 11.3. The maximum atomic E-state index is 11.3. The van der Waals surface area contributed by atoms with Gasteiger partial charge in [0.25, 0.3) is 5.56 Å². The van der Waals surface area contributed by atoms with Crippen molar-refractivity contribution >= 4 is 28.6 Å². The standard InChI is InChI=1S/C9H10INO3/c1-4(2)7-6(10)3-5(9(13)14)8(12)11-7/h3-4H,1-2H3,(H,11,12)(H,13,14). The van der Waals surface area contributed by atoms with E-state index >= 15 is 0 Å². The van der Waals surface area contributed by atoms with Gasteiger partial charge < -0.3 is 10.1 Å². The summed E-state index contributed by atoms with van der Waals surface area (Å²) in [6.45, 7) is 3.88. The van der Waals surface area contributed by atoms with Crippen LogP contribution in [0.2, 0.25) is 0 Å². The fraction of sp³-hybridized carbons (Fsp3) is 0.333. The quantitative estimate of drug-likeness (QED) is 0.819. The molecule has 1 heterocycles. The fourth-order valence-corrected chi connectivity index (χ4v) is 2.17. The van der Waals surface area contributed by atoms with E-state index in [1.54, 1.807) is 0 Å². The van der Waals surface area contributed by atoms with E-state index in [2.05, 4.69) is 4.98 Å². The number of carboxylic acids is 1. The molecule has 0 aliphatic rings. The first-order valence-electron chi connectivity index (χ1n) is 4.09. The monoisotopic (exact) mass is 307 g/mol. The van der Waals surface area contributed by atoms with Crippen LogP contribution in [0.15, 0.2) is 10.9 Å². The van der Waals surface area contributed by atoms with Crippen LogP contribution >= 0.6 is 22.6 Å². The summed E-state index contributed by atoms with van der Waals surface area (Å²) in [5.41, 5.74) is 0.0287. The first-order valence-corrected chi connectivity index (χ1v) is 5.17. The summed E-state index contributed by atoms with van der Waals surface area (Å²) < 4.78 is 0.773. The summed E-state index contributed by atoms with van der Waals surface area (Å²) in [7, 11) is 0. The highest BCUT2D eigenvalue weighted by atomic mass is 127. The average molecular weight is 307 g/mol.